The number of nitrogens with one attached hydrogen (secondary N) is 3. The van der Waals surface area contributed by atoms with Crippen LogP contribution in [0.15, 0.2) is 89.7 Å². The Morgan fingerprint density at radius 1 is 0.697 bits per heavy atom. The van der Waals surface area contributed by atoms with Crippen molar-refractivity contribution in [1.82, 2.24) is 50.2 Å². The molecule has 9 rings (SSSR count). The van der Waals surface area contributed by atoms with Crippen molar-refractivity contribution in [3.63, 3.8) is 0 Å². The first-order chi connectivity index (χ1) is 36.6. The van der Waals surface area contributed by atoms with Crippen molar-refractivity contribution in [3.05, 3.63) is 146 Å². The van der Waals surface area contributed by atoms with E-state index in [4.69, 9.17) is 0 Å². The van der Waals surface area contributed by atoms with E-state index >= 15 is 4.39 Å². The minimum absolute atomic E-state index is 0.00986. The third kappa shape index (κ3) is 13.0. The highest BCUT2D eigenvalue weighted by Crippen LogP contribution is 2.29. The van der Waals surface area contributed by atoms with Crippen LogP contribution in [0.3, 0.4) is 0 Å². The van der Waals surface area contributed by atoms with Gasteiger partial charge in [-0.05, 0) is 106 Å². The molecule has 1 atom stereocenters. The molecule has 5 amide bonds. The normalized spacial score (nSPS) is 18.2. The number of nitrogens with zero attached hydrogens (tertiary/aromatic N) is 7. The van der Waals surface area contributed by atoms with Crippen LogP contribution in [-0.2, 0) is 27.3 Å². The molecule has 0 bridgehead atoms. The first-order valence-electron chi connectivity index (χ1n) is 26.5. The number of fused-ring (bicyclic) bond motifs is 1. The number of piperidine rings is 2. The maximum atomic E-state index is 15.1. The number of hydrogen-bond acceptors (Lipinski definition) is 10. The van der Waals surface area contributed by atoms with Crippen molar-refractivity contribution in [2.45, 2.75) is 64.0 Å². The Morgan fingerprint density at radius 3 is 2.17 bits per heavy atom. The molecule has 0 radical (unpaired) electrons. The average Bonchev–Trinajstić information content (AvgIpc) is 3.43. The van der Waals surface area contributed by atoms with Crippen molar-refractivity contribution in [3.8, 4) is 0 Å². The van der Waals surface area contributed by atoms with Crippen molar-refractivity contribution >= 4 is 40.3 Å². The van der Waals surface area contributed by atoms with E-state index in [1.54, 1.807) is 58.9 Å². The molecule has 3 N–H and O–H groups in total. The number of aromatic amines is 1. The van der Waals surface area contributed by atoms with Crippen molar-refractivity contribution in [2.75, 3.05) is 98.2 Å². The molecular weight excluding hydrogens is 978 g/mol. The topological polar surface area (TPSA) is 175 Å². The minimum Gasteiger partial charge on any atom is -0.341 e. The van der Waals surface area contributed by atoms with E-state index in [1.807, 2.05) is 35.2 Å². The lowest BCUT2D eigenvalue weighted by molar-refractivity contribution is -0.138. The summed E-state index contributed by atoms with van der Waals surface area (Å²) in [6.07, 6.45) is 3.83. The van der Waals surface area contributed by atoms with E-state index in [1.165, 1.54) is 18.2 Å². The molecule has 5 aromatic rings. The molecule has 402 valence electrons. The van der Waals surface area contributed by atoms with Crippen molar-refractivity contribution in [1.29, 1.82) is 0 Å². The molecule has 19 heteroatoms. The van der Waals surface area contributed by atoms with Gasteiger partial charge in [0, 0.05) is 113 Å². The molecule has 1 unspecified atom stereocenters. The molecule has 4 aromatic carbocycles. The predicted octanol–water partition coefficient (Wildman–Crippen LogP) is 4.78. The number of carbonyl (C=O) groups excluding carboxylic acids is 5. The highest BCUT2D eigenvalue weighted by Gasteiger charge is 2.37. The number of rotatable bonds is 15. The smallest absolute Gasteiger partial charge is 0.272 e. The predicted molar refractivity (Wildman–Crippen MR) is 281 cm³/mol. The Hall–Kier alpha value is -6.96. The van der Waals surface area contributed by atoms with Crippen LogP contribution >= 0.6 is 0 Å². The fourth-order valence-electron chi connectivity index (χ4n) is 11.1. The summed E-state index contributed by atoms with van der Waals surface area (Å²) in [4.78, 5) is 91.5. The molecule has 4 fully saturated rings. The highest BCUT2D eigenvalue weighted by molar-refractivity contribution is 5.99. The summed E-state index contributed by atoms with van der Waals surface area (Å²) in [5, 5.41) is 13.9. The van der Waals surface area contributed by atoms with E-state index in [-0.39, 0.29) is 59.3 Å². The Labute approximate surface area is 440 Å². The Bertz CT molecular complexity index is 3000. The molecule has 1 aromatic heterocycles. The van der Waals surface area contributed by atoms with Gasteiger partial charge in [0.2, 0.25) is 17.7 Å². The summed E-state index contributed by atoms with van der Waals surface area (Å²) in [5.74, 6) is -2.50. The number of aromatic nitrogens is 2. The molecule has 0 aliphatic carbocycles. The minimum atomic E-state index is -1.15. The summed E-state index contributed by atoms with van der Waals surface area (Å²) >= 11 is 0. The molecule has 0 saturated carbocycles. The zero-order chi connectivity index (χ0) is 53.5. The molecule has 4 aliphatic heterocycles. The van der Waals surface area contributed by atoms with E-state index in [0.717, 1.165) is 70.0 Å². The van der Waals surface area contributed by atoms with Crippen LogP contribution in [0, 0.1) is 23.4 Å². The van der Waals surface area contributed by atoms with Gasteiger partial charge in [0.15, 0.2) is 0 Å². The molecule has 76 heavy (non-hydrogen) atoms. The SMILES string of the molecule is CC(C)(NC(=O)c1cccc(C2CCCN(C(=O)CNCc3ccc(F)cc3F)C2)c1)C(=O)N1CCN(CC2CCN(CC(=O)N3CCN(C(=O)c4cc(Cc5n[nH]c(=O)c6ccccc56)ccc4F)CC3)CC2)CC1. The van der Waals surface area contributed by atoms with E-state index < -0.39 is 28.9 Å². The zero-order valence-electron chi connectivity index (χ0n) is 43.3. The molecule has 0 spiro atoms. The monoisotopic (exact) mass is 1040 g/mol. The van der Waals surface area contributed by atoms with Crippen LogP contribution in [-0.4, -0.2) is 173 Å². The van der Waals surface area contributed by atoms with Gasteiger partial charge in [-0.2, -0.15) is 5.10 Å². The van der Waals surface area contributed by atoms with Gasteiger partial charge in [-0.3, -0.25) is 38.6 Å². The van der Waals surface area contributed by atoms with Crippen LogP contribution in [0.2, 0.25) is 0 Å². The molecule has 4 saturated heterocycles. The van der Waals surface area contributed by atoms with E-state index in [0.29, 0.717) is 98.8 Å². The summed E-state index contributed by atoms with van der Waals surface area (Å²) < 4.78 is 42.5. The maximum absolute atomic E-state index is 15.1. The lowest BCUT2D eigenvalue weighted by atomic mass is 9.89. The Kier molecular flexibility index (Phi) is 17.0. The van der Waals surface area contributed by atoms with Gasteiger partial charge in [-0.1, -0.05) is 42.5 Å². The van der Waals surface area contributed by atoms with Gasteiger partial charge in [-0.25, -0.2) is 18.3 Å². The van der Waals surface area contributed by atoms with Gasteiger partial charge in [-0.15, -0.1) is 0 Å². The second-order valence-corrected chi connectivity index (χ2v) is 21.2. The van der Waals surface area contributed by atoms with Crippen LogP contribution < -0.4 is 16.2 Å². The van der Waals surface area contributed by atoms with E-state index in [2.05, 4.69) is 30.6 Å². The fourth-order valence-corrected chi connectivity index (χ4v) is 11.1. The summed E-state index contributed by atoms with van der Waals surface area (Å²) in [7, 11) is 0. The van der Waals surface area contributed by atoms with Gasteiger partial charge in [0.1, 0.15) is 23.0 Å². The average molecular weight is 1050 g/mol. The van der Waals surface area contributed by atoms with Crippen LogP contribution in [0.4, 0.5) is 13.2 Å². The number of likely N-dealkylation sites (tertiary alicyclic amines) is 2. The number of H-pyrrole nitrogens is 1. The summed E-state index contributed by atoms with van der Waals surface area (Å²) in [5.41, 5.74) is 1.46. The third-order valence-electron chi connectivity index (χ3n) is 15.5. The van der Waals surface area contributed by atoms with Crippen LogP contribution in [0.1, 0.15) is 88.5 Å². The quantitative estimate of drug-likeness (QED) is 0.133. The van der Waals surface area contributed by atoms with Gasteiger partial charge in [0.25, 0.3) is 17.4 Å². The van der Waals surface area contributed by atoms with Crippen LogP contribution in [0.5, 0.6) is 0 Å². The van der Waals surface area contributed by atoms with Gasteiger partial charge >= 0.3 is 0 Å². The molecular formula is C57H67F3N10O6. The van der Waals surface area contributed by atoms with Crippen molar-refractivity contribution in [2.24, 2.45) is 5.92 Å². The second kappa shape index (κ2) is 23.9. The second-order valence-electron chi connectivity index (χ2n) is 21.2. The third-order valence-corrected chi connectivity index (χ3v) is 15.5. The molecule has 16 nitrogen and oxygen atoms in total. The number of piperazine rings is 2. The largest absolute Gasteiger partial charge is 0.341 e. The van der Waals surface area contributed by atoms with Crippen molar-refractivity contribution < 1.29 is 37.1 Å². The number of amides is 5. The molecule has 4 aliphatic rings. The molecule has 5 heterocycles. The number of carbonyl (C=O) groups is 5. The maximum Gasteiger partial charge on any atom is 0.272 e. The lowest BCUT2D eigenvalue weighted by Gasteiger charge is -2.41. The summed E-state index contributed by atoms with van der Waals surface area (Å²) in [6, 6.07) is 22.3. The lowest BCUT2D eigenvalue weighted by Crippen LogP contribution is -2.60. The number of halogens is 3. The van der Waals surface area contributed by atoms with Gasteiger partial charge < -0.3 is 30.2 Å². The van der Waals surface area contributed by atoms with Crippen LogP contribution in [0.25, 0.3) is 10.8 Å². The zero-order valence-corrected chi connectivity index (χ0v) is 43.3. The first-order valence-corrected chi connectivity index (χ1v) is 26.5. The Morgan fingerprint density at radius 2 is 1.42 bits per heavy atom. The number of benzene rings is 4. The first kappa shape index (κ1) is 53.9. The van der Waals surface area contributed by atoms with E-state index in [9.17, 15) is 37.5 Å². The standard InChI is InChI=1S/C57H67F3N10O6/c1-57(2,62-53(73)41-8-5-7-40(31-41)43-9-6-18-70(36-43)51(71)34-61-33-42-13-14-44(58)32-49(42)60)56(76)69-23-21-66(22-24-69)35-38-16-19-65(20-17-38)37-52(72)67-25-27-68(28-26-67)55(75)47-29-39(12-15-48(47)59)30-50-45-10-3-4-11-46(45)54(74)64-63-50/h3-5,7-8,10-15,29,31-32,38,43,61H,6,9,16-28,30,33-37H2,1-2H3,(H,62,73)(H,64,74). The summed E-state index contributed by atoms with van der Waals surface area (Å²) in [6.45, 7) is 11.3. The van der Waals surface area contributed by atoms with Gasteiger partial charge in [0.05, 0.1) is 29.7 Å². The fraction of sp³-hybridized carbons (Fsp3) is 0.456. The Balaban J connectivity index is 0.669. The highest BCUT2D eigenvalue weighted by atomic mass is 19.1. The number of hydrogen-bond donors (Lipinski definition) is 3.